The van der Waals surface area contributed by atoms with Crippen LogP contribution in [0.3, 0.4) is 0 Å². The summed E-state index contributed by atoms with van der Waals surface area (Å²) in [5, 5.41) is 9.00. The van der Waals surface area contributed by atoms with Gasteiger partial charge in [-0.25, -0.2) is 4.68 Å². The van der Waals surface area contributed by atoms with Crippen LogP contribution in [-0.2, 0) is 11.0 Å². The van der Waals surface area contributed by atoms with Gasteiger partial charge in [0.2, 0.25) is 5.91 Å². The summed E-state index contributed by atoms with van der Waals surface area (Å²) >= 11 is 5.87. The lowest BCUT2D eigenvalue weighted by atomic mass is 10.2. The van der Waals surface area contributed by atoms with Crippen LogP contribution in [0.25, 0.3) is 5.69 Å². The van der Waals surface area contributed by atoms with Crippen LogP contribution in [0.1, 0.15) is 29.4 Å². The minimum Gasteiger partial charge on any atom is -0.326 e. The van der Waals surface area contributed by atoms with Gasteiger partial charge in [0.05, 0.1) is 17.4 Å². The molecular formula is C20H16ClF3N4O2. The fraction of sp³-hybridized carbons (Fsp3) is 0.150. The number of hydrogen-bond acceptors (Lipinski definition) is 3. The molecule has 2 amide bonds. The van der Waals surface area contributed by atoms with Gasteiger partial charge in [-0.15, -0.1) is 0 Å². The van der Waals surface area contributed by atoms with Crippen molar-refractivity contribution in [2.75, 3.05) is 10.6 Å². The van der Waals surface area contributed by atoms with E-state index in [0.717, 1.165) is 6.20 Å². The van der Waals surface area contributed by atoms with E-state index >= 15 is 0 Å². The van der Waals surface area contributed by atoms with E-state index < -0.39 is 23.3 Å². The summed E-state index contributed by atoms with van der Waals surface area (Å²) in [6.45, 7) is 1.68. The van der Waals surface area contributed by atoms with Crippen LogP contribution >= 0.6 is 11.6 Å². The highest BCUT2D eigenvalue weighted by Gasteiger charge is 2.40. The van der Waals surface area contributed by atoms with Crippen molar-refractivity contribution in [2.24, 2.45) is 0 Å². The van der Waals surface area contributed by atoms with Crippen LogP contribution < -0.4 is 10.6 Å². The van der Waals surface area contributed by atoms with E-state index in [9.17, 15) is 22.8 Å². The van der Waals surface area contributed by atoms with Crippen molar-refractivity contribution in [3.63, 3.8) is 0 Å². The zero-order valence-electron chi connectivity index (χ0n) is 15.6. The maximum atomic E-state index is 13.8. The highest BCUT2D eigenvalue weighted by atomic mass is 35.5. The Balaban J connectivity index is 1.93. The lowest BCUT2D eigenvalue weighted by Crippen LogP contribution is -2.20. The number of amides is 2. The molecule has 0 atom stereocenters. The second-order valence-electron chi connectivity index (χ2n) is 6.23. The Hall–Kier alpha value is -3.33. The first kappa shape index (κ1) is 21.4. The van der Waals surface area contributed by atoms with Crippen molar-refractivity contribution in [3.8, 4) is 5.69 Å². The quantitative estimate of drug-likeness (QED) is 0.581. The number of halogens is 4. The largest absolute Gasteiger partial charge is 0.434 e. The molecule has 0 aliphatic heterocycles. The molecule has 0 bridgehead atoms. The zero-order chi connectivity index (χ0) is 21.9. The molecule has 0 radical (unpaired) electrons. The average Bonchev–Trinajstić information content (AvgIpc) is 3.14. The molecule has 1 heterocycles. The van der Waals surface area contributed by atoms with Crippen LogP contribution in [-0.4, -0.2) is 21.6 Å². The van der Waals surface area contributed by atoms with Gasteiger partial charge in [0.1, 0.15) is 0 Å². The van der Waals surface area contributed by atoms with Crippen LogP contribution in [0.2, 0.25) is 5.02 Å². The van der Waals surface area contributed by atoms with E-state index in [1.165, 1.54) is 36.4 Å². The smallest absolute Gasteiger partial charge is 0.326 e. The van der Waals surface area contributed by atoms with Crippen molar-refractivity contribution >= 4 is 34.8 Å². The maximum Gasteiger partial charge on any atom is 0.434 e. The Morgan fingerprint density at radius 1 is 1.07 bits per heavy atom. The van der Waals surface area contributed by atoms with E-state index in [-0.39, 0.29) is 28.7 Å². The van der Waals surface area contributed by atoms with Gasteiger partial charge in [0.25, 0.3) is 5.91 Å². The standard InChI is InChI=1S/C20H16ClF3N4O2/c1-2-17(29)26-13-6-4-7-14(10-13)27-19(30)16-11-25-28(18(16)20(22,23)24)15-8-3-5-12(21)9-15/h3-11H,2H2,1H3,(H,26,29)(H,27,30). The van der Waals surface area contributed by atoms with Crippen LogP contribution in [0, 0.1) is 0 Å². The molecule has 0 fully saturated rings. The monoisotopic (exact) mass is 436 g/mol. The third-order valence-corrected chi connectivity index (χ3v) is 4.30. The summed E-state index contributed by atoms with van der Waals surface area (Å²) in [6, 6.07) is 11.8. The minimum atomic E-state index is -4.84. The fourth-order valence-electron chi connectivity index (χ4n) is 2.71. The summed E-state index contributed by atoms with van der Waals surface area (Å²) < 4.78 is 41.9. The highest BCUT2D eigenvalue weighted by molar-refractivity contribution is 6.30. The molecule has 3 aromatic rings. The van der Waals surface area contributed by atoms with Crippen LogP contribution in [0.15, 0.2) is 54.7 Å². The van der Waals surface area contributed by atoms with Gasteiger partial charge >= 0.3 is 6.18 Å². The number of nitrogens with one attached hydrogen (secondary N) is 2. The van der Waals surface area contributed by atoms with E-state index in [0.29, 0.717) is 10.4 Å². The van der Waals surface area contributed by atoms with Gasteiger partial charge in [-0.2, -0.15) is 18.3 Å². The van der Waals surface area contributed by atoms with E-state index in [1.807, 2.05) is 0 Å². The molecule has 0 aliphatic carbocycles. The maximum absolute atomic E-state index is 13.8. The molecule has 30 heavy (non-hydrogen) atoms. The number of carbonyl (C=O) groups is 2. The van der Waals surface area contributed by atoms with Gasteiger partial charge in [0.15, 0.2) is 5.69 Å². The molecule has 0 saturated carbocycles. The van der Waals surface area contributed by atoms with Gasteiger partial charge < -0.3 is 10.6 Å². The van der Waals surface area contributed by atoms with Gasteiger partial charge in [0, 0.05) is 22.8 Å². The molecule has 10 heteroatoms. The van der Waals surface area contributed by atoms with Crippen molar-refractivity contribution in [3.05, 3.63) is 71.0 Å². The minimum absolute atomic E-state index is 0.0677. The predicted molar refractivity (Wildman–Crippen MR) is 107 cm³/mol. The van der Waals surface area contributed by atoms with E-state index in [4.69, 9.17) is 11.6 Å². The molecule has 0 spiro atoms. The molecule has 156 valence electrons. The number of rotatable bonds is 5. The third kappa shape index (κ3) is 4.80. The highest BCUT2D eigenvalue weighted by Crippen LogP contribution is 2.34. The molecule has 0 unspecified atom stereocenters. The zero-order valence-corrected chi connectivity index (χ0v) is 16.4. The molecule has 3 rings (SSSR count). The fourth-order valence-corrected chi connectivity index (χ4v) is 2.90. The second kappa shape index (κ2) is 8.58. The SMILES string of the molecule is CCC(=O)Nc1cccc(NC(=O)c2cnn(-c3cccc(Cl)c3)c2C(F)(F)F)c1. The number of aromatic nitrogens is 2. The molecule has 6 nitrogen and oxygen atoms in total. The first-order valence-electron chi connectivity index (χ1n) is 8.81. The first-order valence-corrected chi connectivity index (χ1v) is 9.19. The Bertz CT molecular complexity index is 1100. The lowest BCUT2D eigenvalue weighted by molar-refractivity contribution is -0.143. The van der Waals surface area contributed by atoms with Gasteiger partial charge in [-0.1, -0.05) is 30.7 Å². The van der Waals surface area contributed by atoms with E-state index in [2.05, 4.69) is 15.7 Å². The van der Waals surface area contributed by atoms with Crippen LogP contribution in [0.5, 0.6) is 0 Å². The molecular weight excluding hydrogens is 421 g/mol. The summed E-state index contributed by atoms with van der Waals surface area (Å²) in [5.41, 5.74) is -1.18. The van der Waals surface area contributed by atoms with Gasteiger partial charge in [-0.3, -0.25) is 9.59 Å². The topological polar surface area (TPSA) is 76.0 Å². The number of anilines is 2. The molecule has 1 aromatic heterocycles. The molecule has 2 N–H and O–H groups in total. The Morgan fingerprint density at radius 2 is 1.73 bits per heavy atom. The summed E-state index contributed by atoms with van der Waals surface area (Å²) in [4.78, 5) is 24.1. The van der Waals surface area contributed by atoms with Gasteiger partial charge in [-0.05, 0) is 36.4 Å². The number of alkyl halides is 3. The first-order chi connectivity index (χ1) is 14.2. The molecule has 2 aromatic carbocycles. The number of carbonyl (C=O) groups excluding carboxylic acids is 2. The summed E-state index contributed by atoms with van der Waals surface area (Å²) in [6.07, 6.45) is -3.74. The van der Waals surface area contributed by atoms with Crippen molar-refractivity contribution < 1.29 is 22.8 Å². The summed E-state index contributed by atoms with van der Waals surface area (Å²) in [5.74, 6) is -1.23. The Kier molecular flexibility index (Phi) is 6.12. The number of nitrogens with zero attached hydrogens (tertiary/aromatic N) is 2. The number of benzene rings is 2. The Morgan fingerprint density at radius 3 is 2.37 bits per heavy atom. The lowest BCUT2D eigenvalue weighted by Gasteiger charge is -2.13. The average molecular weight is 437 g/mol. The second-order valence-corrected chi connectivity index (χ2v) is 6.67. The predicted octanol–water partition coefficient (Wildman–Crippen LogP) is 5.15. The third-order valence-electron chi connectivity index (χ3n) is 4.06. The van der Waals surface area contributed by atoms with Crippen molar-refractivity contribution in [1.82, 2.24) is 9.78 Å². The molecule has 0 aliphatic rings. The van der Waals surface area contributed by atoms with Crippen LogP contribution in [0.4, 0.5) is 24.5 Å². The summed E-state index contributed by atoms with van der Waals surface area (Å²) in [7, 11) is 0. The number of hydrogen-bond donors (Lipinski definition) is 2. The molecule has 0 saturated heterocycles. The van der Waals surface area contributed by atoms with E-state index in [1.54, 1.807) is 19.1 Å². The van der Waals surface area contributed by atoms with Crippen molar-refractivity contribution in [2.45, 2.75) is 19.5 Å². The van der Waals surface area contributed by atoms with Crippen molar-refractivity contribution in [1.29, 1.82) is 0 Å². The Labute approximate surface area is 174 Å². The normalized spacial score (nSPS) is 11.2.